The smallest absolute Gasteiger partial charge is 0.407 e. The van der Waals surface area contributed by atoms with Crippen LogP contribution in [0, 0.1) is 5.41 Å². The van der Waals surface area contributed by atoms with Crippen LogP contribution in [0.2, 0.25) is 0 Å². The Morgan fingerprint density at radius 2 is 2.25 bits per heavy atom. The molecule has 1 fully saturated rings. The van der Waals surface area contributed by atoms with Crippen molar-refractivity contribution < 1.29 is 9.53 Å². The molecule has 0 radical (unpaired) electrons. The Kier molecular flexibility index (Phi) is 2.60. The van der Waals surface area contributed by atoms with Crippen LogP contribution in [-0.2, 0) is 4.74 Å². The van der Waals surface area contributed by atoms with Crippen LogP contribution in [0.15, 0.2) is 0 Å². The average Bonchev–Trinajstić information content (AvgIpc) is 2.67. The summed E-state index contributed by atoms with van der Waals surface area (Å²) < 4.78 is 4.51. The van der Waals surface area contributed by atoms with Crippen LogP contribution in [0.3, 0.4) is 0 Å². The highest BCUT2D eigenvalue weighted by atomic mass is 16.5. The van der Waals surface area contributed by atoms with Crippen LogP contribution >= 0.6 is 0 Å². The van der Waals surface area contributed by atoms with Crippen molar-refractivity contribution >= 4 is 6.09 Å². The fraction of sp³-hybridized carbons (Fsp3) is 0.889. The molecule has 0 aliphatic heterocycles. The maximum Gasteiger partial charge on any atom is 0.407 e. The molecule has 1 aliphatic carbocycles. The summed E-state index contributed by atoms with van der Waals surface area (Å²) in [6.45, 7) is 4.27. The second-order valence-electron chi connectivity index (χ2n) is 4.05. The van der Waals surface area contributed by atoms with Crippen molar-refractivity contribution in [1.29, 1.82) is 0 Å². The van der Waals surface area contributed by atoms with E-state index in [-0.39, 0.29) is 12.1 Å². The van der Waals surface area contributed by atoms with E-state index in [4.69, 9.17) is 0 Å². The molecule has 1 amide bonds. The van der Waals surface area contributed by atoms with E-state index in [2.05, 4.69) is 17.0 Å². The summed E-state index contributed by atoms with van der Waals surface area (Å²) in [5.74, 6) is 0. The molecule has 0 spiro atoms. The Balaban J connectivity index is 2.19. The van der Waals surface area contributed by atoms with Gasteiger partial charge in [-0.15, -0.1) is 0 Å². The van der Waals surface area contributed by atoms with E-state index < -0.39 is 0 Å². The molecule has 1 unspecified atom stereocenters. The summed E-state index contributed by atoms with van der Waals surface area (Å²) in [5.41, 5.74) is 0.487. The topological polar surface area (TPSA) is 38.3 Å². The zero-order valence-electron chi connectivity index (χ0n) is 8.02. The van der Waals surface area contributed by atoms with Gasteiger partial charge in [0.1, 0.15) is 0 Å². The molecule has 1 aliphatic rings. The molecular weight excluding hydrogens is 154 g/mol. The van der Waals surface area contributed by atoms with Crippen molar-refractivity contribution in [3.05, 3.63) is 0 Å². The van der Waals surface area contributed by atoms with Crippen molar-refractivity contribution in [3.63, 3.8) is 0 Å². The zero-order valence-corrected chi connectivity index (χ0v) is 8.02. The minimum absolute atomic E-state index is 0.227. The third kappa shape index (κ3) is 2.72. The van der Waals surface area contributed by atoms with Gasteiger partial charge in [-0.05, 0) is 31.6 Å². The predicted molar refractivity (Wildman–Crippen MR) is 47.0 cm³/mol. The Morgan fingerprint density at radius 3 is 2.67 bits per heavy atom. The number of ether oxygens (including phenoxy) is 1. The van der Waals surface area contributed by atoms with Gasteiger partial charge in [0.15, 0.2) is 0 Å². The molecule has 0 saturated heterocycles. The summed E-state index contributed by atoms with van der Waals surface area (Å²) in [7, 11) is 1.39. The van der Waals surface area contributed by atoms with Gasteiger partial charge in [-0.1, -0.05) is 6.92 Å². The van der Waals surface area contributed by atoms with Crippen LogP contribution in [0.1, 0.15) is 33.1 Å². The number of hydrogen-bond acceptors (Lipinski definition) is 2. The van der Waals surface area contributed by atoms with Gasteiger partial charge in [-0.25, -0.2) is 4.79 Å². The molecule has 1 rings (SSSR count). The molecule has 1 atom stereocenters. The summed E-state index contributed by atoms with van der Waals surface area (Å²) in [5, 5.41) is 2.76. The first-order valence-corrected chi connectivity index (χ1v) is 4.40. The highest BCUT2D eigenvalue weighted by Crippen LogP contribution is 2.48. The molecule has 3 nitrogen and oxygen atoms in total. The number of alkyl carbamates (subject to hydrolysis) is 1. The SMILES string of the molecule is COC(=O)NC(C)CC1(C)CC1. The lowest BCUT2D eigenvalue weighted by atomic mass is 10.0. The molecule has 0 aromatic carbocycles. The standard InChI is InChI=1S/C9H17NO2/c1-7(10-8(11)12-3)6-9(2)4-5-9/h7H,4-6H2,1-3H3,(H,10,11). The molecule has 12 heavy (non-hydrogen) atoms. The van der Waals surface area contributed by atoms with Gasteiger partial charge < -0.3 is 10.1 Å². The Morgan fingerprint density at radius 1 is 1.67 bits per heavy atom. The van der Waals surface area contributed by atoms with E-state index >= 15 is 0 Å². The van der Waals surface area contributed by atoms with Crippen LogP contribution in [-0.4, -0.2) is 19.2 Å². The van der Waals surface area contributed by atoms with Crippen molar-refractivity contribution in [2.24, 2.45) is 5.41 Å². The lowest BCUT2D eigenvalue weighted by molar-refractivity contribution is 0.165. The summed E-state index contributed by atoms with van der Waals surface area (Å²) >= 11 is 0. The molecule has 1 saturated carbocycles. The van der Waals surface area contributed by atoms with Gasteiger partial charge in [0.05, 0.1) is 7.11 Å². The first-order chi connectivity index (χ1) is 5.56. The fourth-order valence-electron chi connectivity index (χ4n) is 1.47. The number of hydrogen-bond donors (Lipinski definition) is 1. The highest BCUT2D eigenvalue weighted by Gasteiger charge is 2.38. The number of carbonyl (C=O) groups excluding carboxylic acids is 1. The van der Waals surface area contributed by atoms with Gasteiger partial charge in [0, 0.05) is 6.04 Å². The Hall–Kier alpha value is -0.730. The molecule has 1 N–H and O–H groups in total. The quantitative estimate of drug-likeness (QED) is 0.704. The summed E-state index contributed by atoms with van der Waals surface area (Å²) in [6.07, 6.45) is 3.31. The normalized spacial score (nSPS) is 21.2. The third-order valence-electron chi connectivity index (χ3n) is 2.45. The number of carbonyl (C=O) groups is 1. The maximum atomic E-state index is 10.8. The molecule has 3 heteroatoms. The number of methoxy groups -OCH3 is 1. The molecule has 0 heterocycles. The van der Waals surface area contributed by atoms with Gasteiger partial charge >= 0.3 is 6.09 Å². The van der Waals surface area contributed by atoms with Crippen LogP contribution in [0.25, 0.3) is 0 Å². The molecular formula is C9H17NO2. The fourth-order valence-corrected chi connectivity index (χ4v) is 1.47. The molecule has 0 aromatic heterocycles. The summed E-state index contributed by atoms with van der Waals surface area (Å²) in [4.78, 5) is 10.8. The molecule has 70 valence electrons. The Bertz CT molecular complexity index is 175. The first kappa shape index (κ1) is 9.36. The lowest BCUT2D eigenvalue weighted by Crippen LogP contribution is -2.33. The second-order valence-corrected chi connectivity index (χ2v) is 4.05. The van der Waals surface area contributed by atoms with E-state index in [1.165, 1.54) is 20.0 Å². The van der Waals surface area contributed by atoms with Crippen molar-refractivity contribution in [3.8, 4) is 0 Å². The largest absolute Gasteiger partial charge is 0.453 e. The third-order valence-corrected chi connectivity index (χ3v) is 2.45. The van der Waals surface area contributed by atoms with Gasteiger partial charge in [-0.3, -0.25) is 0 Å². The van der Waals surface area contributed by atoms with Gasteiger partial charge in [-0.2, -0.15) is 0 Å². The van der Waals surface area contributed by atoms with Gasteiger partial charge in [0.2, 0.25) is 0 Å². The van der Waals surface area contributed by atoms with Crippen molar-refractivity contribution in [2.45, 2.75) is 39.2 Å². The number of rotatable bonds is 3. The first-order valence-electron chi connectivity index (χ1n) is 4.40. The summed E-state index contributed by atoms with van der Waals surface area (Å²) in [6, 6.07) is 0.227. The zero-order chi connectivity index (χ0) is 9.19. The number of amides is 1. The molecule has 0 bridgehead atoms. The van der Waals surface area contributed by atoms with Crippen molar-refractivity contribution in [1.82, 2.24) is 5.32 Å². The monoisotopic (exact) mass is 171 g/mol. The molecule has 0 aromatic rings. The van der Waals surface area contributed by atoms with Crippen LogP contribution < -0.4 is 5.32 Å². The minimum atomic E-state index is -0.327. The minimum Gasteiger partial charge on any atom is -0.453 e. The van der Waals surface area contributed by atoms with Gasteiger partial charge in [0.25, 0.3) is 0 Å². The van der Waals surface area contributed by atoms with Crippen LogP contribution in [0.4, 0.5) is 4.79 Å². The van der Waals surface area contributed by atoms with E-state index in [9.17, 15) is 4.79 Å². The average molecular weight is 171 g/mol. The van der Waals surface area contributed by atoms with Crippen molar-refractivity contribution in [2.75, 3.05) is 7.11 Å². The highest BCUT2D eigenvalue weighted by molar-refractivity contribution is 5.67. The van der Waals surface area contributed by atoms with E-state index in [0.29, 0.717) is 5.41 Å². The number of nitrogens with one attached hydrogen (secondary N) is 1. The lowest BCUT2D eigenvalue weighted by Gasteiger charge is -2.16. The van der Waals surface area contributed by atoms with E-state index in [0.717, 1.165) is 6.42 Å². The van der Waals surface area contributed by atoms with E-state index in [1.54, 1.807) is 0 Å². The Labute approximate surface area is 73.5 Å². The second kappa shape index (κ2) is 3.33. The van der Waals surface area contributed by atoms with E-state index in [1.807, 2.05) is 6.92 Å². The predicted octanol–water partition coefficient (Wildman–Crippen LogP) is 1.92. The van der Waals surface area contributed by atoms with Crippen LogP contribution in [0.5, 0.6) is 0 Å². The maximum absolute atomic E-state index is 10.8.